The van der Waals surface area contributed by atoms with Crippen molar-refractivity contribution in [2.45, 2.75) is 270 Å². The van der Waals surface area contributed by atoms with Gasteiger partial charge in [-0.2, -0.15) is 0 Å². The van der Waals surface area contributed by atoms with E-state index in [-0.39, 0.29) is 32.1 Å². The second-order valence-corrected chi connectivity index (χ2v) is 17.1. The van der Waals surface area contributed by atoms with Gasteiger partial charge in [0, 0.05) is 25.7 Å². The van der Waals surface area contributed by atoms with Gasteiger partial charge in [0.05, 0.1) is 6.61 Å². The molecule has 0 aliphatic rings. The predicted molar refractivity (Wildman–Crippen MR) is 240 cm³/mol. The molecule has 0 saturated heterocycles. The molecule has 0 aliphatic heterocycles. The van der Waals surface area contributed by atoms with Gasteiger partial charge in [0.15, 0.2) is 6.10 Å². The van der Waals surface area contributed by atoms with Crippen LogP contribution in [0.1, 0.15) is 252 Å². The molecule has 0 rings (SSSR count). The number of ether oxygens (including phenoxy) is 4. The monoisotopic (exact) mass is 871 g/mol. The van der Waals surface area contributed by atoms with Crippen LogP contribution >= 0.6 is 0 Å². The van der Waals surface area contributed by atoms with Crippen molar-refractivity contribution in [3.8, 4) is 0 Å². The zero-order valence-corrected chi connectivity index (χ0v) is 39.0. The first-order valence-corrected chi connectivity index (χ1v) is 24.9. The minimum absolute atomic E-state index is 0.0394. The summed E-state index contributed by atoms with van der Waals surface area (Å²) >= 11 is 0. The number of carboxylic acids is 1. The summed E-state index contributed by atoms with van der Waals surface area (Å²) in [5.74, 6) is -6.83. The molecule has 12 nitrogen and oxygen atoms in total. The van der Waals surface area contributed by atoms with Crippen LogP contribution in [0.5, 0.6) is 0 Å². The van der Waals surface area contributed by atoms with Gasteiger partial charge < -0.3 is 34.3 Å². The summed E-state index contributed by atoms with van der Waals surface area (Å²) in [6.07, 6.45) is 27.3. The van der Waals surface area contributed by atoms with E-state index in [0.29, 0.717) is 25.7 Å². The largest absolute Gasteiger partial charge is 0.481 e. The lowest BCUT2D eigenvalue weighted by Gasteiger charge is -2.36. The van der Waals surface area contributed by atoms with Crippen LogP contribution in [0.3, 0.4) is 0 Å². The maximum Gasteiger partial charge on any atom is 0.397 e. The van der Waals surface area contributed by atoms with Crippen molar-refractivity contribution < 1.29 is 58.2 Å². The van der Waals surface area contributed by atoms with E-state index in [0.717, 1.165) is 128 Å². The van der Waals surface area contributed by atoms with Gasteiger partial charge >= 0.3 is 35.6 Å². The molecule has 0 spiro atoms. The lowest BCUT2D eigenvalue weighted by molar-refractivity contribution is -0.270. The summed E-state index contributed by atoms with van der Waals surface area (Å²) in [5, 5.41) is 28.3. The van der Waals surface area contributed by atoms with Crippen molar-refractivity contribution in [3.05, 3.63) is 0 Å². The molecule has 0 amide bonds. The highest BCUT2D eigenvalue weighted by Gasteiger charge is 2.57. The van der Waals surface area contributed by atoms with E-state index >= 15 is 0 Å². The molecular weight excluding hydrogens is 781 g/mol. The van der Waals surface area contributed by atoms with Crippen LogP contribution in [0, 0.1) is 0 Å². The van der Waals surface area contributed by atoms with Gasteiger partial charge in [-0.15, -0.1) is 0 Å². The Morgan fingerprint density at radius 1 is 0.459 bits per heavy atom. The van der Waals surface area contributed by atoms with E-state index in [1.807, 2.05) is 0 Å². The number of carbonyl (C=O) groups is 5. The van der Waals surface area contributed by atoms with Gasteiger partial charge in [-0.3, -0.25) is 19.2 Å². The summed E-state index contributed by atoms with van der Waals surface area (Å²) in [7, 11) is 0. The Labute approximate surface area is 370 Å². The number of carbonyl (C=O) groups excluding carboxylic acids is 4. The van der Waals surface area contributed by atoms with Crippen LogP contribution in [0.2, 0.25) is 0 Å². The first-order chi connectivity index (χ1) is 29.6. The molecule has 12 heteroatoms. The van der Waals surface area contributed by atoms with E-state index in [2.05, 4.69) is 20.8 Å². The van der Waals surface area contributed by atoms with Crippen LogP contribution in [0.25, 0.3) is 0 Å². The smallest absolute Gasteiger partial charge is 0.397 e. The minimum Gasteiger partial charge on any atom is -0.481 e. The maximum atomic E-state index is 14.2. The van der Waals surface area contributed by atoms with E-state index in [4.69, 9.17) is 24.1 Å². The number of hydrogen-bond acceptors (Lipinski definition) is 11. The molecule has 0 aromatic heterocycles. The standard InChI is InChI=1S/C49H90O12/c1-4-7-10-25-32-37-45(54)59-43(35-30-28-23-21-19-17-15-13-14-16-18-20-22-24-29-31-36-44(52)53)49(48(57)58-41-42(51)40-50,60-46(55)38-33-26-11-8-5-2)61-47(56)39-34-27-12-9-6-3/h42-43,50-51H,4-41H2,1-3H3,(H,52,53). The highest BCUT2D eigenvalue weighted by Crippen LogP contribution is 2.31. The highest BCUT2D eigenvalue weighted by atomic mass is 16.8. The van der Waals surface area contributed by atoms with Crippen LogP contribution < -0.4 is 0 Å². The van der Waals surface area contributed by atoms with Crippen molar-refractivity contribution in [2.75, 3.05) is 13.2 Å². The third-order valence-corrected chi connectivity index (χ3v) is 11.2. The van der Waals surface area contributed by atoms with Gasteiger partial charge in [0.2, 0.25) is 0 Å². The third-order valence-electron chi connectivity index (χ3n) is 11.2. The zero-order valence-electron chi connectivity index (χ0n) is 39.0. The molecule has 0 aromatic carbocycles. The summed E-state index contributed by atoms with van der Waals surface area (Å²) in [5.41, 5.74) is 0. The van der Waals surface area contributed by atoms with Crippen LogP contribution in [0.4, 0.5) is 0 Å². The summed E-state index contributed by atoms with van der Waals surface area (Å²) in [4.78, 5) is 65.3. The topological polar surface area (TPSA) is 183 Å². The maximum absolute atomic E-state index is 14.2. The number of carboxylic acid groups (broad SMARTS) is 1. The number of aliphatic hydroxyl groups is 2. The van der Waals surface area contributed by atoms with Gasteiger partial charge in [-0.25, -0.2) is 4.79 Å². The number of rotatable bonds is 45. The molecule has 0 bridgehead atoms. The molecule has 2 unspecified atom stereocenters. The van der Waals surface area contributed by atoms with E-state index in [9.17, 15) is 34.2 Å². The Morgan fingerprint density at radius 2 is 0.787 bits per heavy atom. The van der Waals surface area contributed by atoms with Crippen molar-refractivity contribution >= 4 is 29.8 Å². The summed E-state index contributed by atoms with van der Waals surface area (Å²) < 4.78 is 23.2. The lowest BCUT2D eigenvalue weighted by atomic mass is 9.99. The summed E-state index contributed by atoms with van der Waals surface area (Å²) in [6.45, 7) is 4.97. The quantitative estimate of drug-likeness (QED) is 0.0228. The first kappa shape index (κ1) is 58.3. The van der Waals surface area contributed by atoms with E-state index in [1.165, 1.54) is 44.9 Å². The molecule has 0 heterocycles. The number of unbranched alkanes of at least 4 members (excludes halogenated alkanes) is 27. The molecule has 358 valence electrons. The van der Waals surface area contributed by atoms with Crippen LogP contribution in [-0.2, 0) is 42.9 Å². The second-order valence-electron chi connectivity index (χ2n) is 17.1. The zero-order chi connectivity index (χ0) is 45.2. The predicted octanol–water partition coefficient (Wildman–Crippen LogP) is 11.8. The van der Waals surface area contributed by atoms with Crippen molar-refractivity contribution in [1.29, 1.82) is 0 Å². The highest BCUT2D eigenvalue weighted by molar-refractivity contribution is 5.86. The Bertz CT molecular complexity index is 1070. The molecule has 0 aliphatic carbocycles. The average molecular weight is 871 g/mol. The number of hydrogen-bond donors (Lipinski definition) is 3. The Hall–Kier alpha value is -2.73. The van der Waals surface area contributed by atoms with Crippen molar-refractivity contribution in [3.63, 3.8) is 0 Å². The Morgan fingerprint density at radius 3 is 1.15 bits per heavy atom. The van der Waals surface area contributed by atoms with E-state index < -0.39 is 61.1 Å². The lowest BCUT2D eigenvalue weighted by Crippen LogP contribution is -2.58. The SMILES string of the molecule is CCCCCCCC(=O)OC(CCCCCCCCCCCCCCCCCCC(=O)O)C(OC(=O)CCCCCCC)(OC(=O)CCCCCCC)C(=O)OCC(O)CO. The molecule has 61 heavy (non-hydrogen) atoms. The molecule has 0 saturated carbocycles. The first-order valence-electron chi connectivity index (χ1n) is 24.9. The molecular formula is C49H90O12. The Balaban J connectivity index is 5.78. The van der Waals surface area contributed by atoms with Crippen molar-refractivity contribution in [1.82, 2.24) is 0 Å². The van der Waals surface area contributed by atoms with E-state index in [1.54, 1.807) is 0 Å². The molecule has 3 N–H and O–H groups in total. The summed E-state index contributed by atoms with van der Waals surface area (Å²) in [6, 6.07) is 0. The average Bonchev–Trinajstić information content (AvgIpc) is 3.23. The normalized spacial score (nSPS) is 12.5. The molecule has 0 radical (unpaired) electrons. The molecule has 0 aromatic rings. The fraction of sp³-hybridized carbons (Fsp3) is 0.898. The number of esters is 4. The minimum atomic E-state index is -2.71. The second kappa shape index (κ2) is 41.3. The number of aliphatic hydroxyl groups excluding tert-OH is 2. The van der Waals surface area contributed by atoms with Crippen molar-refractivity contribution in [2.24, 2.45) is 0 Å². The van der Waals surface area contributed by atoms with Gasteiger partial charge in [0.1, 0.15) is 12.7 Å². The third kappa shape index (κ3) is 33.5. The molecule has 0 fully saturated rings. The number of aliphatic carboxylic acids is 1. The Kier molecular flexibility index (Phi) is 39.4. The van der Waals surface area contributed by atoms with Gasteiger partial charge in [0.25, 0.3) is 0 Å². The van der Waals surface area contributed by atoms with Gasteiger partial charge in [-0.1, -0.05) is 188 Å². The van der Waals surface area contributed by atoms with Crippen LogP contribution in [-0.4, -0.2) is 76.4 Å². The van der Waals surface area contributed by atoms with Crippen LogP contribution in [0.15, 0.2) is 0 Å². The molecule has 2 atom stereocenters. The fourth-order valence-electron chi connectivity index (χ4n) is 7.38. The fourth-order valence-corrected chi connectivity index (χ4v) is 7.38. The van der Waals surface area contributed by atoms with Gasteiger partial charge in [-0.05, 0) is 38.5 Å².